The van der Waals surface area contributed by atoms with Crippen molar-refractivity contribution in [2.75, 3.05) is 0 Å². The predicted molar refractivity (Wildman–Crippen MR) is 60.2 cm³/mol. The molecule has 1 aliphatic heterocycles. The molecular weight excluding hydrogens is 228 g/mol. The zero-order chi connectivity index (χ0) is 11.5. The van der Waals surface area contributed by atoms with Crippen LogP contribution in [-0.2, 0) is 9.59 Å². The van der Waals surface area contributed by atoms with E-state index in [-0.39, 0.29) is 16.7 Å². The Bertz CT molecular complexity index is 431. The van der Waals surface area contributed by atoms with Gasteiger partial charge in [0.05, 0.1) is 11.3 Å². The molecule has 2 rings (SSSR count). The van der Waals surface area contributed by atoms with Crippen LogP contribution in [0, 0.1) is 10.8 Å². The molecular formula is C10H8N2O3S. The van der Waals surface area contributed by atoms with Crippen molar-refractivity contribution in [3.05, 3.63) is 40.3 Å². The molecule has 0 spiro atoms. The lowest BCUT2D eigenvalue weighted by Gasteiger charge is -2.23. The van der Waals surface area contributed by atoms with Gasteiger partial charge in [-0.05, 0) is 11.5 Å². The van der Waals surface area contributed by atoms with E-state index in [9.17, 15) is 14.5 Å². The number of carbonyl (C=O) groups excluding carboxylic acids is 2. The van der Waals surface area contributed by atoms with Crippen LogP contribution in [0.5, 0.6) is 0 Å². The summed E-state index contributed by atoms with van der Waals surface area (Å²) in [7, 11) is 0. The highest BCUT2D eigenvalue weighted by molar-refractivity contribution is 8.03. The summed E-state index contributed by atoms with van der Waals surface area (Å²) in [6.07, 6.45) is 6.03. The number of allylic oxidation sites excluding steroid dienone is 3. The Morgan fingerprint density at radius 2 is 2.31 bits per heavy atom. The second kappa shape index (κ2) is 4.44. The van der Waals surface area contributed by atoms with Crippen molar-refractivity contribution in [1.29, 1.82) is 0 Å². The van der Waals surface area contributed by atoms with Crippen LogP contribution in [0.2, 0.25) is 0 Å². The van der Waals surface area contributed by atoms with Gasteiger partial charge in [-0.25, -0.2) is 0 Å². The molecule has 1 aliphatic carbocycles. The molecule has 82 valence electrons. The Balaban J connectivity index is 2.28. The first-order valence-corrected chi connectivity index (χ1v) is 5.54. The van der Waals surface area contributed by atoms with Crippen molar-refractivity contribution in [2.45, 2.75) is 5.37 Å². The Labute approximate surface area is 95.6 Å². The quantitative estimate of drug-likeness (QED) is 0.726. The normalized spacial score (nSPS) is 27.5. The van der Waals surface area contributed by atoms with Crippen LogP contribution < -0.4 is 5.32 Å². The fourth-order valence-corrected chi connectivity index (χ4v) is 2.57. The fourth-order valence-electron chi connectivity index (χ4n) is 1.65. The van der Waals surface area contributed by atoms with Gasteiger partial charge in [0.15, 0.2) is 5.78 Å². The highest BCUT2D eigenvalue weighted by atomic mass is 32.2. The molecule has 1 amide bonds. The summed E-state index contributed by atoms with van der Waals surface area (Å²) in [6, 6.07) is 0. The average molecular weight is 236 g/mol. The summed E-state index contributed by atoms with van der Waals surface area (Å²) in [5, 5.41) is 6.88. The molecule has 2 atom stereocenters. The first kappa shape index (κ1) is 10.8. The average Bonchev–Trinajstić information content (AvgIpc) is 2.81. The Kier molecular flexibility index (Phi) is 3.00. The van der Waals surface area contributed by atoms with Crippen molar-refractivity contribution in [1.82, 2.24) is 5.32 Å². The molecule has 5 nitrogen and oxygen atoms in total. The lowest BCUT2D eigenvalue weighted by atomic mass is 9.89. The van der Waals surface area contributed by atoms with E-state index in [0.29, 0.717) is 0 Å². The Morgan fingerprint density at radius 1 is 1.50 bits per heavy atom. The number of carbonyl (C=O) groups is 2. The van der Waals surface area contributed by atoms with Gasteiger partial charge in [-0.3, -0.25) is 9.59 Å². The number of hydrogen-bond donors (Lipinski definition) is 1. The number of nitroso groups, excluding NO2 is 1. The minimum atomic E-state index is -0.878. The maximum atomic E-state index is 11.7. The van der Waals surface area contributed by atoms with Crippen molar-refractivity contribution < 1.29 is 9.59 Å². The molecule has 0 aromatic carbocycles. The minimum Gasteiger partial charge on any atom is -0.378 e. The highest BCUT2D eigenvalue weighted by Crippen LogP contribution is 2.31. The summed E-state index contributed by atoms with van der Waals surface area (Å²) < 4.78 is 0. The van der Waals surface area contributed by atoms with Gasteiger partial charge in [-0.1, -0.05) is 12.2 Å². The van der Waals surface area contributed by atoms with Crippen LogP contribution in [0.4, 0.5) is 0 Å². The van der Waals surface area contributed by atoms with Gasteiger partial charge in [-0.2, -0.15) is 0 Å². The zero-order valence-electron chi connectivity index (χ0n) is 8.12. The van der Waals surface area contributed by atoms with Crippen molar-refractivity contribution in [2.24, 2.45) is 11.1 Å². The van der Waals surface area contributed by atoms with Gasteiger partial charge < -0.3 is 5.32 Å². The van der Waals surface area contributed by atoms with Crippen molar-refractivity contribution >= 4 is 23.5 Å². The summed E-state index contributed by atoms with van der Waals surface area (Å²) in [6.45, 7) is 0. The number of nitrogens with zero attached hydrogens (tertiary/aromatic N) is 1. The second-order valence-corrected chi connectivity index (χ2v) is 4.34. The number of rotatable bonds is 2. The highest BCUT2D eigenvalue weighted by Gasteiger charge is 2.36. The van der Waals surface area contributed by atoms with Gasteiger partial charge in [0.1, 0.15) is 0 Å². The van der Waals surface area contributed by atoms with E-state index in [0.717, 1.165) is 0 Å². The van der Waals surface area contributed by atoms with E-state index in [1.165, 1.54) is 30.0 Å². The molecule has 16 heavy (non-hydrogen) atoms. The predicted octanol–water partition coefficient (Wildman–Crippen LogP) is 1.09. The smallest absolute Gasteiger partial charge is 0.313 e. The first-order chi connectivity index (χ1) is 7.74. The third-order valence-electron chi connectivity index (χ3n) is 2.36. The zero-order valence-corrected chi connectivity index (χ0v) is 8.94. The third kappa shape index (κ3) is 1.83. The van der Waals surface area contributed by atoms with Gasteiger partial charge in [0.2, 0.25) is 0 Å². The topological polar surface area (TPSA) is 75.6 Å². The monoisotopic (exact) mass is 236 g/mol. The summed E-state index contributed by atoms with van der Waals surface area (Å²) in [5.41, 5.74) is 0.149. The number of nitrogens with one attached hydrogen (secondary N) is 1. The number of hydrogen-bond acceptors (Lipinski definition) is 5. The van der Waals surface area contributed by atoms with Crippen LogP contribution in [-0.4, -0.2) is 17.1 Å². The van der Waals surface area contributed by atoms with Crippen molar-refractivity contribution in [3.63, 3.8) is 0 Å². The van der Waals surface area contributed by atoms with E-state index in [1.54, 1.807) is 11.6 Å². The summed E-state index contributed by atoms with van der Waals surface area (Å²) in [5.74, 6) is -1.71. The molecule has 0 radical (unpaired) electrons. The summed E-state index contributed by atoms with van der Waals surface area (Å²) >= 11 is 1.40. The number of amides is 1. The third-order valence-corrected chi connectivity index (χ3v) is 3.36. The molecule has 0 aromatic rings. The van der Waals surface area contributed by atoms with Gasteiger partial charge in [0, 0.05) is 16.9 Å². The number of ketones is 1. The van der Waals surface area contributed by atoms with Crippen LogP contribution >= 0.6 is 11.8 Å². The van der Waals surface area contributed by atoms with Crippen LogP contribution in [0.25, 0.3) is 0 Å². The van der Waals surface area contributed by atoms with E-state index >= 15 is 0 Å². The Hall–Kier alpha value is -1.69. The fraction of sp³-hybridized carbons (Fsp3) is 0.200. The molecule has 2 aliphatic rings. The lowest BCUT2D eigenvalue weighted by molar-refractivity contribution is -0.121. The van der Waals surface area contributed by atoms with Gasteiger partial charge in [0.25, 0.3) is 0 Å². The van der Waals surface area contributed by atoms with Crippen LogP contribution in [0.15, 0.2) is 40.6 Å². The van der Waals surface area contributed by atoms with Crippen LogP contribution in [0.1, 0.15) is 0 Å². The lowest BCUT2D eigenvalue weighted by Crippen LogP contribution is -2.36. The molecule has 0 saturated heterocycles. The molecule has 2 unspecified atom stereocenters. The SMILES string of the molecule is O=NC(=O)C1=CC=CC(=O)C1C1NC=CS1. The maximum absolute atomic E-state index is 11.7. The summed E-state index contributed by atoms with van der Waals surface area (Å²) in [4.78, 5) is 33.2. The molecule has 6 heteroatoms. The molecule has 1 N–H and O–H groups in total. The van der Waals surface area contributed by atoms with E-state index < -0.39 is 11.8 Å². The van der Waals surface area contributed by atoms with E-state index in [1.807, 2.05) is 0 Å². The minimum absolute atomic E-state index is 0.149. The van der Waals surface area contributed by atoms with Crippen LogP contribution in [0.3, 0.4) is 0 Å². The second-order valence-electron chi connectivity index (χ2n) is 3.28. The molecule has 0 fully saturated rings. The molecule has 1 heterocycles. The van der Waals surface area contributed by atoms with Gasteiger partial charge in [-0.15, -0.1) is 16.7 Å². The van der Waals surface area contributed by atoms with Crippen molar-refractivity contribution in [3.8, 4) is 0 Å². The number of thioether (sulfide) groups is 1. The molecule has 0 bridgehead atoms. The largest absolute Gasteiger partial charge is 0.378 e. The standard InChI is InChI=1S/C10H8N2O3S/c13-7-3-1-2-6(9(14)12-15)8(7)10-11-4-5-16-10/h1-5,8,10-11H. The van der Waals surface area contributed by atoms with E-state index in [4.69, 9.17) is 0 Å². The van der Waals surface area contributed by atoms with E-state index in [2.05, 4.69) is 10.5 Å². The maximum Gasteiger partial charge on any atom is 0.313 e. The van der Waals surface area contributed by atoms with Gasteiger partial charge >= 0.3 is 5.91 Å². The molecule has 0 saturated carbocycles. The molecule has 0 aromatic heterocycles. The Morgan fingerprint density at radius 3 is 2.94 bits per heavy atom. The first-order valence-electron chi connectivity index (χ1n) is 4.60.